The normalized spacial score (nSPS) is 24.6. The summed E-state index contributed by atoms with van der Waals surface area (Å²) >= 11 is 0. The molecule has 6 unspecified atom stereocenters. The molecule has 1 aromatic heterocycles. The van der Waals surface area contributed by atoms with Crippen LogP contribution in [-0.4, -0.2) is 4.57 Å². The molecule has 0 spiro atoms. The highest BCUT2D eigenvalue weighted by molar-refractivity contribution is 5.89. The smallest absolute Gasteiger partial charge is 0.0490 e. The van der Waals surface area contributed by atoms with E-state index in [9.17, 15) is 0 Å². The molecule has 0 aliphatic heterocycles. The Kier molecular flexibility index (Phi) is 8.91. The molecule has 1 heterocycles. The number of aromatic nitrogens is 1. The van der Waals surface area contributed by atoms with E-state index in [1.54, 1.807) is 5.57 Å². The van der Waals surface area contributed by atoms with Gasteiger partial charge in [-0.2, -0.15) is 0 Å². The molecule has 3 aliphatic carbocycles. The summed E-state index contributed by atoms with van der Waals surface area (Å²) in [5.41, 5.74) is 12.9. The Morgan fingerprint density at radius 3 is 2.49 bits per heavy atom. The van der Waals surface area contributed by atoms with Gasteiger partial charge in [0.25, 0.3) is 0 Å². The lowest BCUT2D eigenvalue weighted by Crippen LogP contribution is -2.28. The predicted octanol–water partition coefficient (Wildman–Crippen LogP) is 12.2. The third kappa shape index (κ3) is 5.60. The van der Waals surface area contributed by atoms with Gasteiger partial charge in [0.1, 0.15) is 0 Å². The average Bonchev–Trinajstić information content (AvgIpc) is 3.32. The average molecular weight is 594 g/mol. The molecule has 0 fully saturated rings. The van der Waals surface area contributed by atoms with Gasteiger partial charge in [-0.05, 0) is 95.9 Å². The molecule has 1 heteroatoms. The van der Waals surface area contributed by atoms with Crippen LogP contribution in [-0.2, 0) is 0 Å². The summed E-state index contributed by atoms with van der Waals surface area (Å²) in [5.74, 6) is 2.85. The maximum atomic E-state index is 3.95. The van der Waals surface area contributed by atoms with E-state index in [0.717, 1.165) is 5.92 Å². The predicted molar refractivity (Wildman–Crippen MR) is 196 cm³/mol. The zero-order valence-corrected chi connectivity index (χ0v) is 28.4. The van der Waals surface area contributed by atoms with Gasteiger partial charge in [0.2, 0.25) is 0 Å². The van der Waals surface area contributed by atoms with Crippen molar-refractivity contribution in [3.05, 3.63) is 143 Å². The van der Waals surface area contributed by atoms with E-state index in [-0.39, 0.29) is 6.04 Å². The molecule has 2 aromatic carbocycles. The van der Waals surface area contributed by atoms with Crippen molar-refractivity contribution in [3.8, 4) is 0 Å². The lowest BCUT2D eigenvalue weighted by molar-refractivity contribution is 0.400. The quantitative estimate of drug-likeness (QED) is 0.181. The lowest BCUT2D eigenvalue weighted by Gasteiger charge is -2.42. The van der Waals surface area contributed by atoms with E-state index in [1.165, 1.54) is 62.8 Å². The number of fused-ring (bicyclic) bond motifs is 3. The van der Waals surface area contributed by atoms with Crippen molar-refractivity contribution in [1.82, 2.24) is 4.57 Å². The molecule has 1 nitrogen and oxygen atoms in total. The zero-order valence-electron chi connectivity index (χ0n) is 28.4. The molecular formula is C44H51N. The third-order valence-electron chi connectivity index (χ3n) is 10.8. The Morgan fingerprint density at radius 2 is 1.73 bits per heavy atom. The summed E-state index contributed by atoms with van der Waals surface area (Å²) in [4.78, 5) is 0. The highest BCUT2D eigenvalue weighted by Gasteiger charge is 2.39. The van der Waals surface area contributed by atoms with Gasteiger partial charge in [-0.25, -0.2) is 0 Å². The molecule has 0 amide bonds. The number of nitrogens with zero attached hydrogens (tertiary/aromatic N) is 1. The Bertz CT molecular complexity index is 1780. The van der Waals surface area contributed by atoms with E-state index in [1.807, 2.05) is 6.08 Å². The standard InChI is InChI=1S/C44H51N/c1-9-10-22-41-32(7)35-17-15-16-23-42(35)45(41)33(8)30(5)27-40(28(2)3)44-38-20-13-11-18-36(38)43(37-19-12-14-21-39(37)44)34-25-24-29(4)26-31(34)6/h9-23,25,27-31,33,36,43H,1,24,26H2,2-8H3/b22-10-,40-27+. The van der Waals surface area contributed by atoms with E-state index in [0.29, 0.717) is 29.6 Å². The van der Waals surface area contributed by atoms with Gasteiger partial charge in [0.15, 0.2) is 0 Å². The molecule has 0 saturated heterocycles. The van der Waals surface area contributed by atoms with Crippen molar-refractivity contribution in [3.63, 3.8) is 0 Å². The number of allylic oxidation sites excluding steroid dienone is 12. The van der Waals surface area contributed by atoms with Crippen molar-refractivity contribution < 1.29 is 0 Å². The van der Waals surface area contributed by atoms with Crippen LogP contribution < -0.4 is 0 Å². The van der Waals surface area contributed by atoms with E-state index in [2.05, 4.69) is 157 Å². The zero-order chi connectivity index (χ0) is 31.8. The molecule has 6 atom stereocenters. The van der Waals surface area contributed by atoms with Gasteiger partial charge in [-0.1, -0.05) is 138 Å². The maximum absolute atomic E-state index is 3.95. The molecule has 45 heavy (non-hydrogen) atoms. The first-order valence-electron chi connectivity index (χ1n) is 17.2. The number of benzene rings is 2. The van der Waals surface area contributed by atoms with Crippen molar-refractivity contribution in [2.24, 2.45) is 29.6 Å². The second-order valence-electron chi connectivity index (χ2n) is 14.2. The summed E-state index contributed by atoms with van der Waals surface area (Å²) in [6.07, 6.45) is 23.3. The first kappa shape index (κ1) is 31.2. The second-order valence-corrected chi connectivity index (χ2v) is 14.2. The first-order chi connectivity index (χ1) is 21.7. The van der Waals surface area contributed by atoms with Gasteiger partial charge in [-0.15, -0.1) is 0 Å². The number of rotatable bonds is 8. The summed E-state index contributed by atoms with van der Waals surface area (Å²) in [6.45, 7) is 20.6. The number of hydrogen-bond donors (Lipinski definition) is 0. The Morgan fingerprint density at radius 1 is 0.978 bits per heavy atom. The van der Waals surface area contributed by atoms with Gasteiger partial charge in [0, 0.05) is 34.5 Å². The Hall–Kier alpha value is -3.84. The molecule has 0 radical (unpaired) electrons. The lowest BCUT2D eigenvalue weighted by atomic mass is 9.62. The van der Waals surface area contributed by atoms with E-state index >= 15 is 0 Å². The number of para-hydroxylation sites is 1. The third-order valence-corrected chi connectivity index (χ3v) is 10.8. The molecule has 0 bridgehead atoms. The van der Waals surface area contributed by atoms with Crippen LogP contribution in [0, 0.1) is 36.5 Å². The largest absolute Gasteiger partial charge is 0.337 e. The molecule has 3 aliphatic rings. The minimum Gasteiger partial charge on any atom is -0.337 e. The minimum absolute atomic E-state index is 0.270. The molecule has 0 N–H and O–H groups in total. The van der Waals surface area contributed by atoms with Crippen molar-refractivity contribution in [2.45, 2.75) is 73.3 Å². The topological polar surface area (TPSA) is 4.93 Å². The monoisotopic (exact) mass is 593 g/mol. The van der Waals surface area contributed by atoms with Crippen molar-refractivity contribution in [2.75, 3.05) is 0 Å². The van der Waals surface area contributed by atoms with Crippen molar-refractivity contribution >= 4 is 22.6 Å². The van der Waals surface area contributed by atoms with Gasteiger partial charge < -0.3 is 4.57 Å². The van der Waals surface area contributed by atoms with Crippen LogP contribution >= 0.6 is 0 Å². The fourth-order valence-corrected chi connectivity index (χ4v) is 8.43. The second kappa shape index (κ2) is 12.9. The molecular weight excluding hydrogens is 542 g/mol. The summed E-state index contributed by atoms with van der Waals surface area (Å²) in [6, 6.07) is 18.4. The molecule has 6 rings (SSSR count). The van der Waals surface area contributed by atoms with Crippen LogP contribution in [0.4, 0.5) is 0 Å². The van der Waals surface area contributed by atoms with Gasteiger partial charge in [-0.3, -0.25) is 0 Å². The van der Waals surface area contributed by atoms with Crippen LogP contribution in [0.3, 0.4) is 0 Å². The van der Waals surface area contributed by atoms with Crippen LogP contribution in [0.1, 0.15) is 88.7 Å². The fraction of sp³-hybridized carbons (Fsp3) is 0.364. The maximum Gasteiger partial charge on any atom is 0.0490 e. The summed E-state index contributed by atoms with van der Waals surface area (Å²) < 4.78 is 2.55. The van der Waals surface area contributed by atoms with Crippen LogP contribution in [0.2, 0.25) is 0 Å². The van der Waals surface area contributed by atoms with E-state index < -0.39 is 0 Å². The van der Waals surface area contributed by atoms with Crippen LogP contribution in [0.25, 0.3) is 22.6 Å². The SMILES string of the molecule is C=C/C=C\c1c(C)c2ccccc2n1C(C)C(C)/C=C(/C1=C2C=CC=CC2C(C2=CCC(C)CC2C)c2ccccc21)C(C)C. The van der Waals surface area contributed by atoms with Crippen molar-refractivity contribution in [1.29, 1.82) is 0 Å². The van der Waals surface area contributed by atoms with Gasteiger partial charge >= 0.3 is 0 Å². The van der Waals surface area contributed by atoms with Crippen LogP contribution in [0.5, 0.6) is 0 Å². The molecule has 3 aromatic rings. The fourth-order valence-electron chi connectivity index (χ4n) is 8.43. The highest BCUT2D eigenvalue weighted by atomic mass is 15.0. The van der Waals surface area contributed by atoms with Crippen LogP contribution in [0.15, 0.2) is 120 Å². The Labute approximate surface area is 272 Å². The summed E-state index contributed by atoms with van der Waals surface area (Å²) in [7, 11) is 0. The number of aryl methyl sites for hydroxylation is 1. The number of hydrogen-bond acceptors (Lipinski definition) is 0. The van der Waals surface area contributed by atoms with Gasteiger partial charge in [0.05, 0.1) is 0 Å². The minimum atomic E-state index is 0.270. The molecule has 232 valence electrons. The summed E-state index contributed by atoms with van der Waals surface area (Å²) in [5, 5.41) is 1.33. The highest BCUT2D eigenvalue weighted by Crippen LogP contribution is 2.54. The van der Waals surface area contributed by atoms with E-state index in [4.69, 9.17) is 0 Å². The Balaban J connectivity index is 1.49. The first-order valence-corrected chi connectivity index (χ1v) is 17.2. The molecule has 0 saturated carbocycles.